The Labute approximate surface area is 62.2 Å². The topological polar surface area (TPSA) is 0 Å². The minimum atomic E-state index is 0. The Morgan fingerprint density at radius 3 is 1.43 bits per heavy atom. The molecule has 0 aromatic carbocycles. The predicted molar refractivity (Wildman–Crippen MR) is 31.5 cm³/mol. The van der Waals surface area contributed by atoms with E-state index in [1.54, 1.807) is 0 Å². The molecule has 41 valence electrons. The number of hydrogen-bond donors (Lipinski definition) is 0. The van der Waals surface area contributed by atoms with Crippen molar-refractivity contribution in [2.75, 3.05) is 0 Å². The van der Waals surface area contributed by atoms with E-state index in [0.717, 1.165) is 0 Å². The summed E-state index contributed by atoms with van der Waals surface area (Å²) in [5.74, 6) is 0. The zero-order chi connectivity index (χ0) is 5.21. The van der Waals surface area contributed by atoms with E-state index < -0.39 is 0 Å². The molecule has 0 saturated carbocycles. The molecule has 0 rings (SSSR count). The molecule has 0 nitrogen and oxygen atoms in total. The van der Waals surface area contributed by atoms with E-state index >= 15 is 0 Å². The van der Waals surface area contributed by atoms with Crippen LogP contribution in [0.1, 0.15) is 20.8 Å². The molecule has 0 saturated heterocycles. The minimum Gasteiger partial charge on any atom is -0.147 e. The standard InChI is InChI=1S/C5H11.ClH.Zn/c1-5(2,3)4;;/h1H2,2-4H3;1H;. The van der Waals surface area contributed by atoms with Crippen molar-refractivity contribution in [1.82, 2.24) is 0 Å². The summed E-state index contributed by atoms with van der Waals surface area (Å²) in [7, 11) is 0. The van der Waals surface area contributed by atoms with Crippen molar-refractivity contribution in [3.8, 4) is 0 Å². The van der Waals surface area contributed by atoms with Crippen LogP contribution in [0, 0.1) is 5.41 Å². The Morgan fingerprint density at radius 2 is 1.43 bits per heavy atom. The molecule has 0 amide bonds. The summed E-state index contributed by atoms with van der Waals surface area (Å²) >= 11 is 1.43. The van der Waals surface area contributed by atoms with Gasteiger partial charge < -0.3 is 0 Å². The van der Waals surface area contributed by atoms with Gasteiger partial charge in [-0.1, -0.05) is 0 Å². The number of halogens is 1. The van der Waals surface area contributed by atoms with Crippen molar-refractivity contribution in [2.24, 2.45) is 5.41 Å². The average Bonchev–Trinajstić information content (AvgIpc) is 1.35. The van der Waals surface area contributed by atoms with Crippen molar-refractivity contribution in [3.05, 3.63) is 0 Å². The fourth-order valence-corrected chi connectivity index (χ4v) is 0. The third kappa shape index (κ3) is 10.9. The van der Waals surface area contributed by atoms with Crippen LogP contribution in [0.15, 0.2) is 0 Å². The molecule has 0 aromatic heterocycles. The van der Waals surface area contributed by atoms with Gasteiger partial charge in [-0.05, 0) is 0 Å². The summed E-state index contributed by atoms with van der Waals surface area (Å²) in [5.41, 5.74) is 0.597. The summed E-state index contributed by atoms with van der Waals surface area (Å²) in [4.78, 5) is 0. The maximum atomic E-state index is 2.27. The minimum absolute atomic E-state index is 0. The SMILES string of the molecule is CC(C)(C)[CH2][Zn].Cl. The molecule has 0 heterocycles. The van der Waals surface area contributed by atoms with Gasteiger partial charge in [-0.15, -0.1) is 12.4 Å². The molecule has 0 unspecified atom stereocenters. The zero-order valence-electron chi connectivity index (χ0n) is 5.32. The molecule has 0 aromatic rings. The molecule has 0 aliphatic carbocycles. The van der Waals surface area contributed by atoms with Gasteiger partial charge in [0, 0.05) is 0 Å². The molecule has 0 atom stereocenters. The van der Waals surface area contributed by atoms with E-state index in [0.29, 0.717) is 5.41 Å². The van der Waals surface area contributed by atoms with E-state index in [9.17, 15) is 0 Å². The first-order chi connectivity index (χ1) is 2.56. The van der Waals surface area contributed by atoms with Crippen LogP contribution in [0.25, 0.3) is 0 Å². The van der Waals surface area contributed by atoms with Crippen LogP contribution < -0.4 is 0 Å². The van der Waals surface area contributed by atoms with Crippen LogP contribution in [0.4, 0.5) is 0 Å². The van der Waals surface area contributed by atoms with Crippen LogP contribution in [0.3, 0.4) is 0 Å². The average molecular weight is 173 g/mol. The van der Waals surface area contributed by atoms with Gasteiger partial charge in [-0.2, -0.15) is 0 Å². The van der Waals surface area contributed by atoms with E-state index in [2.05, 4.69) is 20.8 Å². The Morgan fingerprint density at radius 1 is 1.29 bits per heavy atom. The maximum absolute atomic E-state index is 2.27. The third-order valence-electron chi connectivity index (χ3n) is 0.750. The second-order valence-corrected chi connectivity index (χ2v) is 3.86. The van der Waals surface area contributed by atoms with Crippen molar-refractivity contribution in [3.63, 3.8) is 0 Å². The Balaban J connectivity index is 0. The summed E-state index contributed by atoms with van der Waals surface area (Å²) in [6.07, 6.45) is 0. The smallest absolute Gasteiger partial charge is 0.147 e. The molecule has 2 heteroatoms. The van der Waals surface area contributed by atoms with Gasteiger partial charge >= 0.3 is 49.5 Å². The van der Waals surface area contributed by atoms with Crippen LogP contribution >= 0.6 is 12.4 Å². The summed E-state index contributed by atoms with van der Waals surface area (Å²) in [6.45, 7) is 6.82. The molecular weight excluding hydrogens is 161 g/mol. The Bertz CT molecular complexity index is 37.8. The normalized spacial score (nSPS) is 10.4. The van der Waals surface area contributed by atoms with E-state index in [1.165, 1.54) is 23.3 Å². The first-order valence-corrected chi connectivity index (χ1v) is 4.45. The quantitative estimate of drug-likeness (QED) is 0.493. The van der Waals surface area contributed by atoms with Gasteiger partial charge in [0.25, 0.3) is 0 Å². The summed E-state index contributed by atoms with van der Waals surface area (Å²) in [6, 6.07) is 0. The monoisotopic (exact) mass is 171 g/mol. The van der Waals surface area contributed by atoms with E-state index in [1.807, 2.05) is 0 Å². The molecule has 0 fully saturated rings. The van der Waals surface area contributed by atoms with E-state index in [-0.39, 0.29) is 12.4 Å². The first-order valence-electron chi connectivity index (χ1n) is 2.35. The largest absolute Gasteiger partial charge is 0.147 e. The third-order valence-corrected chi connectivity index (χ3v) is 3.90. The van der Waals surface area contributed by atoms with E-state index in [4.69, 9.17) is 0 Å². The first kappa shape index (κ1) is 10.8. The van der Waals surface area contributed by atoms with Crippen molar-refractivity contribution in [1.29, 1.82) is 0 Å². The van der Waals surface area contributed by atoms with Crippen LogP contribution in [-0.2, 0) is 18.3 Å². The van der Waals surface area contributed by atoms with Crippen molar-refractivity contribution < 1.29 is 18.3 Å². The predicted octanol–water partition coefficient (Wildman–Crippen LogP) is 2.42. The molecule has 0 aliphatic heterocycles. The molecular formula is C5H12ClZn. The molecule has 0 bridgehead atoms. The van der Waals surface area contributed by atoms with Crippen LogP contribution in [0.5, 0.6) is 0 Å². The fraction of sp³-hybridized carbons (Fsp3) is 1.00. The van der Waals surface area contributed by atoms with Gasteiger partial charge in [0.05, 0.1) is 0 Å². The zero-order valence-corrected chi connectivity index (χ0v) is 9.11. The van der Waals surface area contributed by atoms with Crippen molar-refractivity contribution in [2.45, 2.75) is 25.8 Å². The van der Waals surface area contributed by atoms with Gasteiger partial charge in [0.2, 0.25) is 0 Å². The molecule has 7 heavy (non-hydrogen) atoms. The molecule has 0 aliphatic rings. The number of rotatable bonds is 0. The van der Waals surface area contributed by atoms with Crippen molar-refractivity contribution >= 4 is 12.4 Å². The Kier molecular flexibility index (Phi) is 5.97. The molecule has 0 spiro atoms. The number of hydrogen-bond acceptors (Lipinski definition) is 0. The second kappa shape index (κ2) is 3.86. The van der Waals surface area contributed by atoms with Gasteiger partial charge in [0.15, 0.2) is 0 Å². The van der Waals surface area contributed by atoms with Crippen LogP contribution in [-0.4, -0.2) is 0 Å². The molecule has 0 radical (unpaired) electrons. The van der Waals surface area contributed by atoms with Gasteiger partial charge in [-0.3, -0.25) is 0 Å². The second-order valence-electron chi connectivity index (χ2n) is 2.81. The summed E-state index contributed by atoms with van der Waals surface area (Å²) in [5, 5.41) is 1.40. The summed E-state index contributed by atoms with van der Waals surface area (Å²) < 4.78 is 0. The maximum Gasteiger partial charge on any atom is -0.147 e. The molecule has 0 N–H and O–H groups in total. The Hall–Kier alpha value is 0.913. The van der Waals surface area contributed by atoms with Gasteiger partial charge in [0.1, 0.15) is 0 Å². The van der Waals surface area contributed by atoms with Crippen LogP contribution in [0.2, 0.25) is 5.02 Å². The van der Waals surface area contributed by atoms with Gasteiger partial charge in [-0.25, -0.2) is 0 Å². The fourth-order valence-electron chi connectivity index (χ4n) is 0.